The van der Waals surface area contributed by atoms with Crippen LogP contribution in [0.25, 0.3) is 0 Å². The summed E-state index contributed by atoms with van der Waals surface area (Å²) in [4.78, 5) is 25.3. The highest BCUT2D eigenvalue weighted by Gasteiger charge is 2.12. The van der Waals surface area contributed by atoms with Crippen LogP contribution in [0.15, 0.2) is 24.3 Å². The summed E-state index contributed by atoms with van der Waals surface area (Å²) >= 11 is 0. The zero-order valence-electron chi connectivity index (χ0n) is 12.8. The molecule has 3 heteroatoms. The van der Waals surface area contributed by atoms with Crippen LogP contribution in [-0.2, 0) is 9.59 Å². The van der Waals surface area contributed by atoms with E-state index in [4.69, 9.17) is 0 Å². The van der Waals surface area contributed by atoms with E-state index in [1.54, 1.807) is 0 Å². The minimum Gasteiger partial charge on any atom is -0.372 e. The van der Waals surface area contributed by atoms with Crippen molar-refractivity contribution in [2.45, 2.75) is 46.5 Å². The number of benzene rings is 1. The van der Waals surface area contributed by atoms with Crippen molar-refractivity contribution in [3.63, 3.8) is 0 Å². The molecule has 0 radical (unpaired) electrons. The molecule has 0 aliphatic carbocycles. The molecule has 0 N–H and O–H groups in total. The third-order valence-electron chi connectivity index (χ3n) is 3.37. The Morgan fingerprint density at radius 2 is 1.80 bits per heavy atom. The Bertz CT molecular complexity index is 454. The molecule has 0 spiro atoms. The molecule has 0 atom stereocenters. The Hall–Kier alpha value is -1.64. The van der Waals surface area contributed by atoms with E-state index >= 15 is 0 Å². The Morgan fingerprint density at radius 3 is 2.40 bits per heavy atom. The lowest BCUT2D eigenvalue weighted by Crippen LogP contribution is -2.25. The normalized spacial score (nSPS) is 10.3. The van der Waals surface area contributed by atoms with Crippen LogP contribution in [0.1, 0.15) is 45.1 Å². The highest BCUT2D eigenvalue weighted by atomic mass is 16.2. The molecule has 0 aliphatic heterocycles. The van der Waals surface area contributed by atoms with Crippen LogP contribution in [0.5, 0.6) is 0 Å². The lowest BCUT2D eigenvalue weighted by atomic mass is 10.1. The van der Waals surface area contributed by atoms with E-state index in [9.17, 15) is 9.59 Å². The van der Waals surface area contributed by atoms with Crippen molar-refractivity contribution in [1.29, 1.82) is 0 Å². The van der Waals surface area contributed by atoms with E-state index < -0.39 is 0 Å². The Kier molecular flexibility index (Phi) is 6.99. The maximum Gasteiger partial charge on any atom is 0.198 e. The van der Waals surface area contributed by atoms with Crippen LogP contribution in [0.2, 0.25) is 0 Å². The van der Waals surface area contributed by atoms with E-state index in [0.717, 1.165) is 25.9 Å². The van der Waals surface area contributed by atoms with Crippen molar-refractivity contribution in [1.82, 2.24) is 0 Å². The molecule has 0 amide bonds. The van der Waals surface area contributed by atoms with Gasteiger partial charge < -0.3 is 4.90 Å². The summed E-state index contributed by atoms with van der Waals surface area (Å²) in [5, 5.41) is 0. The van der Waals surface area contributed by atoms with Crippen molar-refractivity contribution < 1.29 is 9.59 Å². The number of hydrogen-bond donors (Lipinski definition) is 0. The highest BCUT2D eigenvalue weighted by molar-refractivity contribution is 6.37. The maximum atomic E-state index is 11.6. The molecule has 0 saturated heterocycles. The average molecular weight is 275 g/mol. The number of ketones is 2. The highest BCUT2D eigenvalue weighted by Crippen LogP contribution is 2.16. The maximum absolute atomic E-state index is 11.6. The van der Waals surface area contributed by atoms with E-state index in [1.807, 2.05) is 13.0 Å². The average Bonchev–Trinajstić information content (AvgIpc) is 2.43. The minimum atomic E-state index is -0.217. The second-order valence-electron chi connectivity index (χ2n) is 5.12. The molecule has 20 heavy (non-hydrogen) atoms. The molecule has 0 bridgehead atoms. The quantitative estimate of drug-likeness (QED) is 0.647. The summed E-state index contributed by atoms with van der Waals surface area (Å²) < 4.78 is 0. The smallest absolute Gasteiger partial charge is 0.198 e. The number of nitrogens with zero attached hydrogens (tertiary/aromatic N) is 1. The van der Waals surface area contributed by atoms with Crippen LogP contribution in [0.3, 0.4) is 0 Å². The minimum absolute atomic E-state index is 0.216. The molecule has 0 heterocycles. The number of anilines is 1. The molecular weight excluding hydrogens is 250 g/mol. The second-order valence-corrected chi connectivity index (χ2v) is 5.12. The number of Topliss-reactive ketones (excluding diaryl/α,β-unsaturated/α-hetero) is 2. The van der Waals surface area contributed by atoms with Gasteiger partial charge in [0.2, 0.25) is 0 Å². The monoisotopic (exact) mass is 275 g/mol. The van der Waals surface area contributed by atoms with Gasteiger partial charge in [0.15, 0.2) is 11.6 Å². The van der Waals surface area contributed by atoms with Gasteiger partial charge in [-0.3, -0.25) is 9.59 Å². The predicted molar refractivity (Wildman–Crippen MR) is 83.2 cm³/mol. The molecule has 110 valence electrons. The van der Waals surface area contributed by atoms with E-state index in [-0.39, 0.29) is 11.6 Å². The fourth-order valence-corrected chi connectivity index (χ4v) is 2.23. The molecule has 3 nitrogen and oxygen atoms in total. The van der Waals surface area contributed by atoms with Gasteiger partial charge in [-0.05, 0) is 44.4 Å². The second kappa shape index (κ2) is 8.51. The largest absolute Gasteiger partial charge is 0.372 e. The van der Waals surface area contributed by atoms with Crippen LogP contribution in [0, 0.1) is 6.92 Å². The first-order chi connectivity index (χ1) is 9.58. The van der Waals surface area contributed by atoms with Gasteiger partial charge >= 0.3 is 0 Å². The summed E-state index contributed by atoms with van der Waals surface area (Å²) in [5.74, 6) is -0.432. The molecule has 0 aliphatic rings. The zero-order valence-corrected chi connectivity index (χ0v) is 12.8. The number of carbonyl (C=O) groups is 2. The van der Waals surface area contributed by atoms with Crippen molar-refractivity contribution in [3.8, 4) is 0 Å². The van der Waals surface area contributed by atoms with Gasteiger partial charge in [-0.1, -0.05) is 19.1 Å². The van der Waals surface area contributed by atoms with Crippen molar-refractivity contribution in [2.75, 3.05) is 18.0 Å². The summed E-state index contributed by atoms with van der Waals surface area (Å²) in [7, 11) is 0. The van der Waals surface area contributed by atoms with E-state index in [2.05, 4.69) is 36.9 Å². The van der Waals surface area contributed by atoms with Gasteiger partial charge in [0, 0.05) is 31.6 Å². The number of hydrogen-bond acceptors (Lipinski definition) is 3. The van der Waals surface area contributed by atoms with Gasteiger partial charge in [0.1, 0.15) is 0 Å². The fourth-order valence-electron chi connectivity index (χ4n) is 2.23. The number of carbonyl (C=O) groups excluding carboxylic acids is 2. The molecule has 1 aromatic rings. The van der Waals surface area contributed by atoms with Gasteiger partial charge in [-0.15, -0.1) is 0 Å². The molecule has 0 fully saturated rings. The number of aryl methyl sites for hydroxylation is 1. The lowest BCUT2D eigenvalue weighted by Gasteiger charge is -2.23. The van der Waals surface area contributed by atoms with Crippen molar-refractivity contribution in [2.24, 2.45) is 0 Å². The van der Waals surface area contributed by atoms with Crippen molar-refractivity contribution in [3.05, 3.63) is 29.8 Å². The van der Waals surface area contributed by atoms with Crippen molar-refractivity contribution >= 4 is 17.3 Å². The Labute approximate surface area is 122 Å². The topological polar surface area (TPSA) is 37.4 Å². The molecular formula is C17H25NO2. The SMILES string of the molecule is CCCC(=O)C(=O)CCCN(CC)c1cccc(C)c1. The van der Waals surface area contributed by atoms with Crippen LogP contribution < -0.4 is 4.90 Å². The standard InChI is InChI=1S/C17H25NO2/c1-4-8-16(19)17(20)11-7-12-18(5-2)15-10-6-9-14(3)13-15/h6,9-10,13H,4-5,7-8,11-12H2,1-3H3. The summed E-state index contributed by atoms with van der Waals surface area (Å²) in [6, 6.07) is 8.35. The van der Waals surface area contributed by atoms with Gasteiger partial charge in [-0.2, -0.15) is 0 Å². The molecule has 0 aromatic heterocycles. The Balaban J connectivity index is 2.46. The fraction of sp³-hybridized carbons (Fsp3) is 0.529. The van der Waals surface area contributed by atoms with E-state index in [0.29, 0.717) is 12.8 Å². The lowest BCUT2D eigenvalue weighted by molar-refractivity contribution is -0.136. The predicted octanol–water partition coefficient (Wildman–Crippen LogP) is 3.54. The molecule has 1 aromatic carbocycles. The van der Waals surface area contributed by atoms with Gasteiger partial charge in [0.05, 0.1) is 0 Å². The summed E-state index contributed by atoms with van der Waals surface area (Å²) in [5.41, 5.74) is 2.41. The zero-order chi connectivity index (χ0) is 15.0. The van der Waals surface area contributed by atoms with E-state index in [1.165, 1.54) is 11.3 Å². The first-order valence-electron chi connectivity index (χ1n) is 7.46. The van der Waals surface area contributed by atoms with Crippen LogP contribution in [-0.4, -0.2) is 24.7 Å². The van der Waals surface area contributed by atoms with Crippen LogP contribution in [0.4, 0.5) is 5.69 Å². The third-order valence-corrected chi connectivity index (χ3v) is 3.37. The van der Waals surface area contributed by atoms with Crippen LogP contribution >= 0.6 is 0 Å². The van der Waals surface area contributed by atoms with Gasteiger partial charge in [-0.25, -0.2) is 0 Å². The number of rotatable bonds is 9. The molecule has 0 saturated carbocycles. The third kappa shape index (κ3) is 5.16. The molecule has 0 unspecified atom stereocenters. The first-order valence-corrected chi connectivity index (χ1v) is 7.46. The summed E-state index contributed by atoms with van der Waals surface area (Å²) in [6.07, 6.45) is 2.22. The summed E-state index contributed by atoms with van der Waals surface area (Å²) in [6.45, 7) is 7.81. The Morgan fingerprint density at radius 1 is 1.10 bits per heavy atom. The van der Waals surface area contributed by atoms with Gasteiger partial charge in [0.25, 0.3) is 0 Å². The molecule has 1 rings (SSSR count). The first kappa shape index (κ1) is 16.4.